The molecule has 2 atom stereocenters. The maximum atomic E-state index is 13.2. The van der Waals surface area contributed by atoms with Gasteiger partial charge in [0.2, 0.25) is 11.1 Å². The van der Waals surface area contributed by atoms with Crippen molar-refractivity contribution in [2.45, 2.75) is 23.4 Å². The molecule has 0 unspecified atom stereocenters. The van der Waals surface area contributed by atoms with Gasteiger partial charge in [-0.1, -0.05) is 35.5 Å². The topological polar surface area (TPSA) is 81.1 Å². The molecule has 0 saturated carbocycles. The maximum Gasteiger partial charge on any atom is 0.240 e. The lowest BCUT2D eigenvalue weighted by molar-refractivity contribution is -0.116. The van der Waals surface area contributed by atoms with Gasteiger partial charge in [0.1, 0.15) is 16.8 Å². The number of nitrogens with zero attached hydrogens (tertiary/aromatic N) is 3. The second-order valence-electron chi connectivity index (χ2n) is 6.40. The van der Waals surface area contributed by atoms with Crippen LogP contribution in [0.4, 0.5) is 5.69 Å². The third-order valence-corrected chi connectivity index (χ3v) is 6.55. The zero-order chi connectivity index (χ0) is 20.5. The molecule has 0 aliphatic carbocycles. The van der Waals surface area contributed by atoms with Crippen LogP contribution in [0.25, 0.3) is 0 Å². The number of carbonyl (C=O) groups is 1. The van der Waals surface area contributed by atoms with E-state index in [1.807, 2.05) is 25.1 Å². The van der Waals surface area contributed by atoms with E-state index in [2.05, 4.69) is 36.9 Å². The Kier molecular flexibility index (Phi) is 5.71. The van der Waals surface area contributed by atoms with Gasteiger partial charge in [0.05, 0.1) is 17.6 Å². The Balaban J connectivity index is 1.68. The van der Waals surface area contributed by atoms with Crippen LogP contribution in [0, 0.1) is 6.92 Å². The van der Waals surface area contributed by atoms with Gasteiger partial charge in [-0.05, 0) is 58.7 Å². The molecule has 0 fully saturated rings. The molecule has 3 aromatic rings. The molecule has 1 aliphatic rings. The summed E-state index contributed by atoms with van der Waals surface area (Å²) in [5, 5.41) is 11.9. The summed E-state index contributed by atoms with van der Waals surface area (Å²) >= 11 is 10.9. The van der Waals surface area contributed by atoms with Gasteiger partial charge in [-0.3, -0.25) is 4.79 Å². The molecule has 2 heterocycles. The van der Waals surface area contributed by atoms with Crippen LogP contribution in [-0.2, 0) is 4.79 Å². The van der Waals surface area contributed by atoms with Gasteiger partial charge in [0.25, 0.3) is 0 Å². The summed E-state index contributed by atoms with van der Waals surface area (Å²) in [7, 11) is 1.61. The SMILES string of the molecule is COc1ccc([C@H]2Nn3c(C)nnc3S[C@H]2C(=O)Nc2cccc(Cl)c2)cc1Br. The van der Waals surface area contributed by atoms with Crippen LogP contribution in [0.3, 0.4) is 0 Å². The Hall–Kier alpha value is -2.23. The summed E-state index contributed by atoms with van der Waals surface area (Å²) < 4.78 is 7.94. The number of rotatable bonds is 4. The Morgan fingerprint density at radius 2 is 2.14 bits per heavy atom. The second-order valence-corrected chi connectivity index (χ2v) is 8.80. The molecule has 1 amide bonds. The van der Waals surface area contributed by atoms with Crippen LogP contribution in [0.2, 0.25) is 5.02 Å². The predicted octanol–water partition coefficient (Wildman–Crippen LogP) is 4.41. The highest BCUT2D eigenvalue weighted by Crippen LogP contribution is 2.39. The summed E-state index contributed by atoms with van der Waals surface area (Å²) in [4.78, 5) is 13.2. The van der Waals surface area contributed by atoms with E-state index in [1.54, 1.807) is 36.1 Å². The van der Waals surface area contributed by atoms with Crippen LogP contribution in [-0.4, -0.2) is 33.1 Å². The number of aryl methyl sites for hydroxylation is 1. The number of hydrogen-bond donors (Lipinski definition) is 2. The first kappa shape index (κ1) is 20.1. The largest absolute Gasteiger partial charge is 0.496 e. The minimum absolute atomic E-state index is 0.159. The average molecular weight is 495 g/mol. The molecule has 29 heavy (non-hydrogen) atoms. The molecule has 0 spiro atoms. The number of benzene rings is 2. The average Bonchev–Trinajstić information content (AvgIpc) is 3.07. The van der Waals surface area contributed by atoms with Crippen molar-refractivity contribution in [3.63, 3.8) is 0 Å². The molecule has 1 aromatic heterocycles. The molecule has 0 bridgehead atoms. The first-order valence-electron chi connectivity index (χ1n) is 8.71. The first-order chi connectivity index (χ1) is 14.0. The first-order valence-corrected chi connectivity index (χ1v) is 10.8. The zero-order valence-corrected chi connectivity index (χ0v) is 18.7. The Morgan fingerprint density at radius 3 is 2.86 bits per heavy atom. The predicted molar refractivity (Wildman–Crippen MR) is 117 cm³/mol. The summed E-state index contributed by atoms with van der Waals surface area (Å²) in [6.07, 6.45) is 0. The quantitative estimate of drug-likeness (QED) is 0.559. The van der Waals surface area contributed by atoms with E-state index < -0.39 is 5.25 Å². The number of amides is 1. The number of halogens is 2. The van der Waals surface area contributed by atoms with Gasteiger partial charge in [-0.15, -0.1) is 10.2 Å². The van der Waals surface area contributed by atoms with E-state index in [0.717, 1.165) is 21.6 Å². The van der Waals surface area contributed by atoms with Crippen molar-refractivity contribution in [1.82, 2.24) is 14.9 Å². The molecule has 0 radical (unpaired) electrons. The molecular formula is C19H17BrClN5O2S. The molecule has 150 valence electrons. The third kappa shape index (κ3) is 4.08. The maximum absolute atomic E-state index is 13.2. The minimum Gasteiger partial charge on any atom is -0.496 e. The van der Waals surface area contributed by atoms with Crippen molar-refractivity contribution in [2.75, 3.05) is 17.9 Å². The van der Waals surface area contributed by atoms with Crippen LogP contribution in [0.1, 0.15) is 17.4 Å². The van der Waals surface area contributed by atoms with Crippen molar-refractivity contribution in [1.29, 1.82) is 0 Å². The van der Waals surface area contributed by atoms with Crippen molar-refractivity contribution in [3.8, 4) is 5.75 Å². The monoisotopic (exact) mass is 493 g/mol. The van der Waals surface area contributed by atoms with Gasteiger partial charge >= 0.3 is 0 Å². The number of ether oxygens (including phenoxy) is 1. The lowest BCUT2D eigenvalue weighted by atomic mass is 10.0. The highest BCUT2D eigenvalue weighted by molar-refractivity contribution is 9.10. The number of carbonyl (C=O) groups excluding carboxylic acids is 1. The van der Waals surface area contributed by atoms with Crippen LogP contribution in [0.15, 0.2) is 52.1 Å². The summed E-state index contributed by atoms with van der Waals surface area (Å²) in [6.45, 7) is 1.86. The number of methoxy groups -OCH3 is 1. The lowest BCUT2D eigenvalue weighted by Gasteiger charge is -2.33. The van der Waals surface area contributed by atoms with Gasteiger partial charge in [-0.2, -0.15) is 0 Å². The molecule has 0 saturated heterocycles. The molecule has 2 aromatic carbocycles. The number of hydrogen-bond acceptors (Lipinski definition) is 6. The van der Waals surface area contributed by atoms with Gasteiger partial charge < -0.3 is 15.5 Å². The number of fused-ring (bicyclic) bond motifs is 1. The van der Waals surface area contributed by atoms with Gasteiger partial charge in [0.15, 0.2) is 0 Å². The van der Waals surface area contributed by atoms with Crippen molar-refractivity contribution < 1.29 is 9.53 Å². The minimum atomic E-state index is -0.481. The van der Waals surface area contributed by atoms with Crippen molar-refractivity contribution >= 4 is 50.9 Å². The molecule has 4 rings (SSSR count). The number of thioether (sulfide) groups is 1. The van der Waals surface area contributed by atoms with E-state index in [4.69, 9.17) is 16.3 Å². The number of aromatic nitrogens is 3. The number of nitrogens with one attached hydrogen (secondary N) is 2. The standard InChI is InChI=1S/C19H17BrClN5O2S/c1-10-23-24-19-26(10)25-16(11-6-7-15(28-2)14(20)8-11)17(29-19)18(27)22-13-5-3-4-12(21)9-13/h3-9,16-17,25H,1-2H3,(H,22,27)/t16-,17-/m1/s1. The van der Waals surface area contributed by atoms with Gasteiger partial charge in [-0.25, -0.2) is 4.68 Å². The number of anilines is 1. The molecule has 7 nitrogen and oxygen atoms in total. The van der Waals surface area contributed by atoms with Gasteiger partial charge in [0, 0.05) is 10.7 Å². The molecular weight excluding hydrogens is 478 g/mol. The fraction of sp³-hybridized carbons (Fsp3) is 0.211. The van der Waals surface area contributed by atoms with Crippen LogP contribution >= 0.6 is 39.3 Å². The Bertz CT molecular complexity index is 1080. The summed E-state index contributed by atoms with van der Waals surface area (Å²) in [5.41, 5.74) is 4.94. The zero-order valence-electron chi connectivity index (χ0n) is 15.5. The molecule has 10 heteroatoms. The Morgan fingerprint density at radius 1 is 1.31 bits per heavy atom. The van der Waals surface area contributed by atoms with E-state index in [9.17, 15) is 4.79 Å². The van der Waals surface area contributed by atoms with Crippen LogP contribution < -0.4 is 15.5 Å². The fourth-order valence-electron chi connectivity index (χ4n) is 3.07. The lowest BCUT2D eigenvalue weighted by Crippen LogP contribution is -2.41. The van der Waals surface area contributed by atoms with Crippen molar-refractivity contribution in [2.24, 2.45) is 0 Å². The smallest absolute Gasteiger partial charge is 0.240 e. The van der Waals surface area contributed by atoms with Crippen LogP contribution in [0.5, 0.6) is 5.75 Å². The normalized spacial score (nSPS) is 17.9. The van der Waals surface area contributed by atoms with E-state index in [-0.39, 0.29) is 11.9 Å². The molecule has 2 N–H and O–H groups in total. The van der Waals surface area contributed by atoms with E-state index in [1.165, 1.54) is 11.8 Å². The summed E-state index contributed by atoms with van der Waals surface area (Å²) in [5.74, 6) is 1.28. The second kappa shape index (κ2) is 8.25. The fourth-order valence-corrected chi connectivity index (χ4v) is 4.94. The Labute approximate surface area is 185 Å². The highest BCUT2D eigenvalue weighted by atomic mass is 79.9. The highest BCUT2D eigenvalue weighted by Gasteiger charge is 2.37. The van der Waals surface area contributed by atoms with E-state index in [0.29, 0.717) is 15.9 Å². The van der Waals surface area contributed by atoms with E-state index >= 15 is 0 Å². The third-order valence-electron chi connectivity index (χ3n) is 4.48. The summed E-state index contributed by atoms with van der Waals surface area (Å²) in [6, 6.07) is 12.5. The molecule has 1 aliphatic heterocycles. The van der Waals surface area contributed by atoms with Crippen molar-refractivity contribution in [3.05, 3.63) is 63.3 Å².